The third-order valence-corrected chi connectivity index (χ3v) is 4.80. The summed E-state index contributed by atoms with van der Waals surface area (Å²) in [6.45, 7) is 4.57. The first-order valence-electron chi connectivity index (χ1n) is 8.10. The van der Waals surface area contributed by atoms with Crippen molar-refractivity contribution in [1.29, 1.82) is 0 Å². The quantitative estimate of drug-likeness (QED) is 0.816. The second-order valence-corrected chi connectivity index (χ2v) is 6.45. The molecule has 0 aliphatic heterocycles. The Labute approximate surface area is 130 Å². The van der Waals surface area contributed by atoms with Gasteiger partial charge in [0, 0.05) is 23.5 Å². The van der Waals surface area contributed by atoms with Gasteiger partial charge in [-0.1, -0.05) is 25.0 Å². The van der Waals surface area contributed by atoms with Crippen LogP contribution in [-0.2, 0) is 6.54 Å². The number of nitrogens with one attached hydrogen (secondary N) is 2. The minimum atomic E-state index is -0.294. The number of aliphatic hydroxyl groups excluding tert-OH is 1. The molecule has 1 aromatic heterocycles. The van der Waals surface area contributed by atoms with Gasteiger partial charge in [-0.3, -0.25) is 4.79 Å². The van der Waals surface area contributed by atoms with Crippen LogP contribution in [0.15, 0.2) is 23.0 Å². The Balaban J connectivity index is 1.86. The summed E-state index contributed by atoms with van der Waals surface area (Å²) >= 11 is 0. The number of aromatic amines is 1. The molecule has 1 aromatic carbocycles. The van der Waals surface area contributed by atoms with E-state index in [4.69, 9.17) is 0 Å². The van der Waals surface area contributed by atoms with Gasteiger partial charge in [0.2, 0.25) is 0 Å². The standard InChI is InChI=1S/C18H24N2O2/c1-11-7-8-12(2)17-14(11)9-13(18(22)20-17)10-19-15-5-3-4-6-16(15)21/h7-9,15-16,19,21H,3-6,10H2,1-2H3,(H,20,22)/t15-,16-/m0/s1. The monoisotopic (exact) mass is 300 g/mol. The molecule has 0 radical (unpaired) electrons. The number of H-pyrrole nitrogens is 1. The Morgan fingerprint density at radius 2 is 1.95 bits per heavy atom. The van der Waals surface area contributed by atoms with Gasteiger partial charge in [-0.2, -0.15) is 0 Å². The molecule has 4 heteroatoms. The largest absolute Gasteiger partial charge is 0.392 e. The van der Waals surface area contributed by atoms with Crippen LogP contribution >= 0.6 is 0 Å². The van der Waals surface area contributed by atoms with Crippen LogP contribution in [0.4, 0.5) is 0 Å². The minimum absolute atomic E-state index is 0.0426. The van der Waals surface area contributed by atoms with Crippen LogP contribution in [0.2, 0.25) is 0 Å². The maximum atomic E-state index is 12.3. The summed E-state index contributed by atoms with van der Waals surface area (Å²) < 4.78 is 0. The molecule has 2 atom stereocenters. The normalized spacial score (nSPS) is 22.1. The number of aliphatic hydroxyl groups is 1. The van der Waals surface area contributed by atoms with Crippen molar-refractivity contribution in [2.24, 2.45) is 0 Å². The summed E-state index contributed by atoms with van der Waals surface area (Å²) in [5.74, 6) is 0. The molecule has 3 N–H and O–H groups in total. The molecule has 0 unspecified atom stereocenters. The zero-order valence-corrected chi connectivity index (χ0v) is 13.3. The Morgan fingerprint density at radius 3 is 2.73 bits per heavy atom. The van der Waals surface area contributed by atoms with Gasteiger partial charge in [0.25, 0.3) is 5.56 Å². The third-order valence-electron chi connectivity index (χ3n) is 4.80. The molecular formula is C18H24N2O2. The molecule has 3 rings (SSSR count). The zero-order chi connectivity index (χ0) is 15.7. The highest BCUT2D eigenvalue weighted by molar-refractivity contribution is 5.85. The van der Waals surface area contributed by atoms with Gasteiger partial charge < -0.3 is 15.4 Å². The molecule has 1 fully saturated rings. The lowest BCUT2D eigenvalue weighted by atomic mass is 9.92. The molecule has 2 aromatic rings. The van der Waals surface area contributed by atoms with E-state index in [0.29, 0.717) is 6.54 Å². The maximum absolute atomic E-state index is 12.3. The number of pyridine rings is 1. The summed E-state index contributed by atoms with van der Waals surface area (Å²) in [6, 6.07) is 6.20. The maximum Gasteiger partial charge on any atom is 0.252 e. The van der Waals surface area contributed by atoms with Gasteiger partial charge in [0.05, 0.1) is 11.6 Å². The van der Waals surface area contributed by atoms with Gasteiger partial charge in [-0.05, 0) is 43.9 Å². The number of fused-ring (bicyclic) bond motifs is 1. The average molecular weight is 300 g/mol. The Kier molecular flexibility index (Phi) is 4.32. The minimum Gasteiger partial charge on any atom is -0.392 e. The first-order chi connectivity index (χ1) is 10.6. The molecule has 4 nitrogen and oxygen atoms in total. The van der Waals surface area contributed by atoms with E-state index >= 15 is 0 Å². The highest BCUT2D eigenvalue weighted by Crippen LogP contribution is 2.21. The van der Waals surface area contributed by atoms with Gasteiger partial charge in [0.15, 0.2) is 0 Å². The van der Waals surface area contributed by atoms with Crippen molar-refractivity contribution >= 4 is 10.9 Å². The van der Waals surface area contributed by atoms with Gasteiger partial charge in [0.1, 0.15) is 0 Å². The highest BCUT2D eigenvalue weighted by atomic mass is 16.3. The topological polar surface area (TPSA) is 65.1 Å². The smallest absolute Gasteiger partial charge is 0.252 e. The zero-order valence-electron chi connectivity index (χ0n) is 13.3. The van der Waals surface area contributed by atoms with Crippen LogP contribution in [-0.4, -0.2) is 22.2 Å². The molecule has 1 aliphatic rings. The van der Waals surface area contributed by atoms with E-state index in [1.807, 2.05) is 19.1 Å². The van der Waals surface area contributed by atoms with Crippen molar-refractivity contribution < 1.29 is 5.11 Å². The van der Waals surface area contributed by atoms with Crippen molar-refractivity contribution in [1.82, 2.24) is 10.3 Å². The lowest BCUT2D eigenvalue weighted by Gasteiger charge is -2.28. The van der Waals surface area contributed by atoms with E-state index < -0.39 is 0 Å². The predicted molar refractivity (Wildman–Crippen MR) is 89.1 cm³/mol. The van der Waals surface area contributed by atoms with E-state index in [1.165, 1.54) is 0 Å². The van der Waals surface area contributed by atoms with E-state index in [9.17, 15) is 9.90 Å². The van der Waals surface area contributed by atoms with Crippen LogP contribution in [0.1, 0.15) is 42.4 Å². The molecule has 22 heavy (non-hydrogen) atoms. The third kappa shape index (κ3) is 2.94. The first-order valence-corrected chi connectivity index (χ1v) is 8.10. The van der Waals surface area contributed by atoms with E-state index in [0.717, 1.165) is 53.3 Å². The van der Waals surface area contributed by atoms with Crippen molar-refractivity contribution in [2.45, 2.75) is 58.2 Å². The van der Waals surface area contributed by atoms with Crippen LogP contribution in [0.5, 0.6) is 0 Å². The highest BCUT2D eigenvalue weighted by Gasteiger charge is 2.22. The van der Waals surface area contributed by atoms with Gasteiger partial charge in [-0.25, -0.2) is 0 Å². The predicted octanol–water partition coefficient (Wildman–Crippen LogP) is 2.54. The summed E-state index contributed by atoms with van der Waals surface area (Å²) in [7, 11) is 0. The lowest BCUT2D eigenvalue weighted by molar-refractivity contribution is 0.0902. The van der Waals surface area contributed by atoms with E-state index in [-0.39, 0.29) is 17.7 Å². The van der Waals surface area contributed by atoms with Crippen molar-refractivity contribution in [3.05, 3.63) is 45.2 Å². The summed E-state index contributed by atoms with van der Waals surface area (Å²) in [6.07, 6.45) is 3.77. The first kappa shape index (κ1) is 15.3. The summed E-state index contributed by atoms with van der Waals surface area (Å²) in [5, 5.41) is 14.5. The van der Waals surface area contributed by atoms with Gasteiger partial charge >= 0.3 is 0 Å². The van der Waals surface area contributed by atoms with Crippen molar-refractivity contribution in [3.63, 3.8) is 0 Å². The molecule has 0 saturated heterocycles. The number of aryl methyl sites for hydroxylation is 2. The van der Waals surface area contributed by atoms with Crippen LogP contribution < -0.4 is 10.9 Å². The second kappa shape index (κ2) is 6.23. The van der Waals surface area contributed by atoms with Crippen molar-refractivity contribution in [2.75, 3.05) is 0 Å². The van der Waals surface area contributed by atoms with Gasteiger partial charge in [-0.15, -0.1) is 0 Å². The fourth-order valence-electron chi connectivity index (χ4n) is 3.34. The summed E-state index contributed by atoms with van der Waals surface area (Å²) in [5.41, 5.74) is 3.86. The Hall–Kier alpha value is -1.65. The molecule has 1 heterocycles. The van der Waals surface area contributed by atoms with Crippen LogP contribution in [0.3, 0.4) is 0 Å². The number of hydrogen-bond donors (Lipinski definition) is 3. The lowest BCUT2D eigenvalue weighted by Crippen LogP contribution is -2.42. The molecule has 118 valence electrons. The fraction of sp³-hybridized carbons (Fsp3) is 0.500. The average Bonchev–Trinajstić information content (AvgIpc) is 2.51. The summed E-state index contributed by atoms with van der Waals surface area (Å²) in [4.78, 5) is 15.3. The Morgan fingerprint density at radius 1 is 1.23 bits per heavy atom. The SMILES string of the molecule is Cc1ccc(C)c2[nH]c(=O)c(CN[C@H]3CCCC[C@@H]3O)cc12. The molecular weight excluding hydrogens is 276 g/mol. The molecule has 0 bridgehead atoms. The van der Waals surface area contributed by atoms with E-state index in [1.54, 1.807) is 0 Å². The number of hydrogen-bond acceptors (Lipinski definition) is 3. The number of aromatic nitrogens is 1. The number of benzene rings is 1. The molecule has 1 aliphatic carbocycles. The van der Waals surface area contributed by atoms with Crippen LogP contribution in [0.25, 0.3) is 10.9 Å². The van der Waals surface area contributed by atoms with E-state index in [2.05, 4.69) is 23.3 Å². The molecule has 0 spiro atoms. The fourth-order valence-corrected chi connectivity index (χ4v) is 3.34. The van der Waals surface area contributed by atoms with Crippen molar-refractivity contribution in [3.8, 4) is 0 Å². The molecule has 0 amide bonds. The van der Waals surface area contributed by atoms with Crippen LogP contribution in [0, 0.1) is 13.8 Å². The Bertz CT molecular complexity index is 736. The number of rotatable bonds is 3. The molecule has 1 saturated carbocycles. The second-order valence-electron chi connectivity index (χ2n) is 6.45.